The number of carboxylic acids is 1. The molecule has 0 aromatic carbocycles. The van der Waals surface area contributed by atoms with Crippen molar-refractivity contribution in [3.8, 4) is 0 Å². The maximum absolute atomic E-state index is 12.4. The fourth-order valence-corrected chi connectivity index (χ4v) is 3.59. The molecule has 0 saturated carbocycles. The average molecular weight is 303 g/mol. The summed E-state index contributed by atoms with van der Waals surface area (Å²) in [6, 6.07) is -0.00104. The number of aliphatic carboxylic acids is 1. The molecule has 2 aliphatic heterocycles. The molecule has 2 heterocycles. The second-order valence-electron chi connectivity index (χ2n) is 5.13. The number of nitrogens with zero attached hydrogens (tertiary/aromatic N) is 3. The topological polar surface area (TPSA) is 81.2 Å². The SMILES string of the molecule is O=C(O)CN1CCCN(C(=O)N2CCS(=O)CC2)CC1. The molecule has 20 heavy (non-hydrogen) atoms. The molecule has 1 N–H and O–H groups in total. The van der Waals surface area contributed by atoms with Crippen LogP contribution in [0, 0.1) is 0 Å². The molecule has 8 heteroatoms. The Labute approximate surface area is 121 Å². The highest BCUT2D eigenvalue weighted by Gasteiger charge is 2.26. The molecule has 0 spiro atoms. The second-order valence-corrected chi connectivity index (χ2v) is 6.82. The largest absolute Gasteiger partial charge is 0.480 e. The first kappa shape index (κ1) is 15.2. The van der Waals surface area contributed by atoms with Crippen molar-refractivity contribution in [1.82, 2.24) is 14.7 Å². The van der Waals surface area contributed by atoms with Crippen molar-refractivity contribution >= 4 is 22.8 Å². The second kappa shape index (κ2) is 7.03. The summed E-state index contributed by atoms with van der Waals surface area (Å²) < 4.78 is 11.3. The van der Waals surface area contributed by atoms with Gasteiger partial charge in [0.15, 0.2) is 0 Å². The molecular formula is C12H21N3O4S. The molecule has 0 aliphatic carbocycles. The van der Waals surface area contributed by atoms with Crippen LogP contribution in [0.2, 0.25) is 0 Å². The van der Waals surface area contributed by atoms with Gasteiger partial charge in [-0.2, -0.15) is 0 Å². The third kappa shape index (κ3) is 4.17. The maximum Gasteiger partial charge on any atom is 0.320 e. The average Bonchev–Trinajstić information content (AvgIpc) is 2.64. The van der Waals surface area contributed by atoms with Gasteiger partial charge in [-0.15, -0.1) is 0 Å². The Balaban J connectivity index is 1.85. The van der Waals surface area contributed by atoms with Gasteiger partial charge in [0.1, 0.15) is 0 Å². The molecule has 0 radical (unpaired) electrons. The molecule has 7 nitrogen and oxygen atoms in total. The zero-order valence-electron chi connectivity index (χ0n) is 11.5. The normalized spacial score (nSPS) is 22.6. The van der Waals surface area contributed by atoms with E-state index >= 15 is 0 Å². The Bertz CT molecular complexity index is 394. The lowest BCUT2D eigenvalue weighted by Crippen LogP contribution is -2.49. The van der Waals surface area contributed by atoms with Crippen LogP contribution in [0.25, 0.3) is 0 Å². The van der Waals surface area contributed by atoms with Gasteiger partial charge in [-0.25, -0.2) is 4.79 Å². The van der Waals surface area contributed by atoms with Crippen LogP contribution in [0.15, 0.2) is 0 Å². The van der Waals surface area contributed by atoms with E-state index in [4.69, 9.17) is 5.11 Å². The summed E-state index contributed by atoms with van der Waals surface area (Å²) in [5.41, 5.74) is 0. The Morgan fingerprint density at radius 2 is 1.60 bits per heavy atom. The van der Waals surface area contributed by atoms with E-state index in [0.29, 0.717) is 50.8 Å². The van der Waals surface area contributed by atoms with Crippen LogP contribution in [0.3, 0.4) is 0 Å². The fraction of sp³-hybridized carbons (Fsp3) is 0.833. The van der Waals surface area contributed by atoms with Gasteiger partial charge < -0.3 is 14.9 Å². The molecular weight excluding hydrogens is 282 g/mol. The summed E-state index contributed by atoms with van der Waals surface area (Å²) in [5.74, 6) is 0.290. The van der Waals surface area contributed by atoms with Crippen molar-refractivity contribution in [2.24, 2.45) is 0 Å². The van der Waals surface area contributed by atoms with Gasteiger partial charge in [-0.05, 0) is 6.42 Å². The molecule has 2 saturated heterocycles. The molecule has 0 bridgehead atoms. The first-order chi connectivity index (χ1) is 9.56. The van der Waals surface area contributed by atoms with Crippen molar-refractivity contribution in [2.45, 2.75) is 6.42 Å². The van der Waals surface area contributed by atoms with Crippen molar-refractivity contribution in [3.63, 3.8) is 0 Å². The van der Waals surface area contributed by atoms with Crippen LogP contribution in [-0.4, -0.2) is 93.3 Å². The Kier molecular flexibility index (Phi) is 5.36. The van der Waals surface area contributed by atoms with E-state index in [0.717, 1.165) is 6.42 Å². The van der Waals surface area contributed by atoms with Gasteiger partial charge in [0.25, 0.3) is 0 Å². The number of rotatable bonds is 2. The number of carbonyl (C=O) groups excluding carboxylic acids is 1. The van der Waals surface area contributed by atoms with E-state index in [2.05, 4.69) is 0 Å². The summed E-state index contributed by atoms with van der Waals surface area (Å²) in [5, 5.41) is 8.80. The summed E-state index contributed by atoms with van der Waals surface area (Å²) in [6.45, 7) is 3.67. The van der Waals surface area contributed by atoms with Crippen LogP contribution in [0.5, 0.6) is 0 Å². The van der Waals surface area contributed by atoms with Crippen LogP contribution in [-0.2, 0) is 15.6 Å². The van der Waals surface area contributed by atoms with E-state index in [1.54, 1.807) is 9.80 Å². The van der Waals surface area contributed by atoms with Gasteiger partial charge in [-0.1, -0.05) is 0 Å². The van der Waals surface area contributed by atoms with Crippen LogP contribution in [0.4, 0.5) is 4.79 Å². The molecule has 2 rings (SSSR count). The monoisotopic (exact) mass is 303 g/mol. The van der Waals surface area contributed by atoms with E-state index in [-0.39, 0.29) is 12.6 Å². The number of hydrogen-bond acceptors (Lipinski definition) is 4. The Morgan fingerprint density at radius 1 is 0.950 bits per heavy atom. The highest BCUT2D eigenvalue weighted by atomic mass is 32.2. The standard InChI is InChI=1S/C12H21N3O4S/c16-11(17)10-13-2-1-3-14(5-4-13)12(18)15-6-8-20(19)9-7-15/h1-10H2,(H,16,17). The van der Waals surface area contributed by atoms with Crippen molar-refractivity contribution in [1.29, 1.82) is 0 Å². The fourth-order valence-electron chi connectivity index (χ4n) is 2.54. The van der Waals surface area contributed by atoms with Crippen molar-refractivity contribution in [3.05, 3.63) is 0 Å². The lowest BCUT2D eigenvalue weighted by Gasteiger charge is -2.32. The molecule has 0 unspecified atom stereocenters. The highest BCUT2D eigenvalue weighted by Crippen LogP contribution is 2.09. The minimum absolute atomic E-state index is 0.00104. The summed E-state index contributed by atoms with van der Waals surface area (Å²) in [4.78, 5) is 28.5. The first-order valence-electron chi connectivity index (χ1n) is 6.89. The molecule has 0 aromatic rings. The molecule has 2 fully saturated rings. The number of hydrogen-bond donors (Lipinski definition) is 1. The number of carboxylic acid groups (broad SMARTS) is 1. The summed E-state index contributed by atoms with van der Waals surface area (Å²) in [7, 11) is -0.784. The zero-order valence-corrected chi connectivity index (χ0v) is 12.3. The van der Waals surface area contributed by atoms with Crippen LogP contribution >= 0.6 is 0 Å². The lowest BCUT2D eigenvalue weighted by atomic mass is 10.4. The first-order valence-corrected chi connectivity index (χ1v) is 8.38. The maximum atomic E-state index is 12.4. The van der Waals surface area contributed by atoms with Gasteiger partial charge in [0.2, 0.25) is 0 Å². The molecule has 2 aliphatic rings. The Morgan fingerprint density at radius 3 is 2.25 bits per heavy atom. The van der Waals surface area contributed by atoms with E-state index in [1.807, 2.05) is 4.90 Å². The molecule has 114 valence electrons. The minimum atomic E-state index is -0.830. The third-order valence-corrected chi connectivity index (χ3v) is 4.94. The summed E-state index contributed by atoms with van der Waals surface area (Å²) in [6.07, 6.45) is 0.790. The number of carbonyl (C=O) groups is 2. The lowest BCUT2D eigenvalue weighted by molar-refractivity contribution is -0.138. The predicted molar refractivity (Wildman–Crippen MR) is 75.1 cm³/mol. The quantitative estimate of drug-likeness (QED) is 0.727. The van der Waals surface area contributed by atoms with Crippen LogP contribution in [0.1, 0.15) is 6.42 Å². The zero-order chi connectivity index (χ0) is 14.5. The minimum Gasteiger partial charge on any atom is -0.480 e. The smallest absolute Gasteiger partial charge is 0.320 e. The predicted octanol–water partition coefficient (Wildman–Crippen LogP) is -0.737. The van der Waals surface area contributed by atoms with Crippen molar-refractivity contribution < 1.29 is 18.9 Å². The third-order valence-electron chi connectivity index (χ3n) is 3.67. The van der Waals surface area contributed by atoms with E-state index < -0.39 is 16.8 Å². The van der Waals surface area contributed by atoms with Gasteiger partial charge in [0, 0.05) is 61.6 Å². The molecule has 0 atom stereocenters. The summed E-state index contributed by atoms with van der Waals surface area (Å²) >= 11 is 0. The number of urea groups is 1. The van der Waals surface area contributed by atoms with Gasteiger partial charge in [-0.3, -0.25) is 13.9 Å². The molecule has 0 aromatic heterocycles. The van der Waals surface area contributed by atoms with Crippen molar-refractivity contribution in [2.75, 3.05) is 57.3 Å². The highest BCUT2D eigenvalue weighted by molar-refractivity contribution is 7.85. The van der Waals surface area contributed by atoms with E-state index in [1.165, 1.54) is 0 Å². The Hall–Kier alpha value is -1.15. The van der Waals surface area contributed by atoms with E-state index in [9.17, 15) is 13.8 Å². The van der Waals surface area contributed by atoms with Gasteiger partial charge in [0.05, 0.1) is 6.54 Å². The van der Waals surface area contributed by atoms with Gasteiger partial charge >= 0.3 is 12.0 Å². The number of amides is 2. The molecule has 2 amide bonds. The van der Waals surface area contributed by atoms with Crippen LogP contribution < -0.4 is 0 Å².